The Balaban J connectivity index is 2.26. The van der Waals surface area contributed by atoms with Crippen molar-refractivity contribution in [1.29, 1.82) is 0 Å². The number of rotatable bonds is 4. The molecule has 3 N–H and O–H groups in total. The quantitative estimate of drug-likeness (QED) is 0.910. The van der Waals surface area contributed by atoms with Crippen LogP contribution < -0.4 is 11.1 Å². The third-order valence-corrected chi connectivity index (χ3v) is 3.81. The van der Waals surface area contributed by atoms with Gasteiger partial charge in [-0.3, -0.25) is 0 Å². The molecule has 0 saturated carbocycles. The highest BCUT2D eigenvalue weighted by atomic mass is 79.9. The number of hydrogen-bond acceptors (Lipinski definition) is 3. The lowest BCUT2D eigenvalue weighted by atomic mass is 10.1. The molecule has 0 spiro atoms. The molecule has 1 aromatic carbocycles. The number of hydrogen-bond donors (Lipinski definition) is 2. The number of aromatic nitrogens is 1. The number of nitrogens with one attached hydrogen (secondary N) is 1. The van der Waals surface area contributed by atoms with Gasteiger partial charge in [0.05, 0.1) is 0 Å². The number of fused-ring (bicyclic) bond motifs is 1. The van der Waals surface area contributed by atoms with Crippen LogP contribution in [0.3, 0.4) is 0 Å². The maximum atomic E-state index is 6.04. The molecule has 0 aliphatic carbocycles. The van der Waals surface area contributed by atoms with Gasteiger partial charge < -0.3 is 11.1 Å². The van der Waals surface area contributed by atoms with Crippen molar-refractivity contribution in [3.8, 4) is 0 Å². The lowest BCUT2D eigenvalue weighted by Gasteiger charge is -2.17. The van der Waals surface area contributed by atoms with E-state index in [1.165, 1.54) is 0 Å². The minimum absolute atomic E-state index is 0.134. The van der Waals surface area contributed by atoms with E-state index in [4.69, 9.17) is 5.73 Å². The van der Waals surface area contributed by atoms with Crippen LogP contribution in [0, 0.1) is 5.92 Å². The summed E-state index contributed by atoms with van der Waals surface area (Å²) in [7, 11) is 0. The van der Waals surface area contributed by atoms with Crippen molar-refractivity contribution in [2.45, 2.75) is 19.9 Å². The molecule has 1 heterocycles. The zero-order valence-electron chi connectivity index (χ0n) is 10.7. The molecule has 4 heteroatoms. The molecule has 1 aromatic heterocycles. The minimum Gasteiger partial charge on any atom is -0.368 e. The standard InChI is InChI=1S/C14H18BrN3/c1-9(2)13(16)8-18-14-11-4-3-5-12(15)10(11)6-7-17-14/h3-7,9,13H,8,16H2,1-2H3,(H,17,18). The summed E-state index contributed by atoms with van der Waals surface area (Å²) < 4.78 is 1.08. The summed E-state index contributed by atoms with van der Waals surface area (Å²) in [5.74, 6) is 1.35. The van der Waals surface area contributed by atoms with Gasteiger partial charge in [0.1, 0.15) is 5.82 Å². The number of nitrogens with two attached hydrogens (primary N) is 1. The molecule has 0 aliphatic rings. The first-order valence-corrected chi connectivity index (χ1v) is 6.91. The number of pyridine rings is 1. The van der Waals surface area contributed by atoms with Gasteiger partial charge in [-0.2, -0.15) is 0 Å². The molecule has 2 rings (SSSR count). The van der Waals surface area contributed by atoms with Crippen molar-refractivity contribution < 1.29 is 0 Å². The predicted octanol–water partition coefficient (Wildman–Crippen LogP) is 3.39. The van der Waals surface area contributed by atoms with Crippen molar-refractivity contribution in [3.05, 3.63) is 34.9 Å². The van der Waals surface area contributed by atoms with Crippen LogP contribution in [0.4, 0.5) is 5.82 Å². The average molecular weight is 308 g/mol. The summed E-state index contributed by atoms with van der Waals surface area (Å²) in [6, 6.07) is 8.26. The van der Waals surface area contributed by atoms with Crippen LogP contribution in [0.5, 0.6) is 0 Å². The fourth-order valence-corrected chi connectivity index (χ4v) is 2.26. The average Bonchev–Trinajstić information content (AvgIpc) is 2.36. The second-order valence-electron chi connectivity index (χ2n) is 4.78. The van der Waals surface area contributed by atoms with Crippen LogP contribution in [0.25, 0.3) is 10.8 Å². The van der Waals surface area contributed by atoms with E-state index < -0.39 is 0 Å². The maximum absolute atomic E-state index is 6.04. The Kier molecular flexibility index (Phi) is 4.19. The van der Waals surface area contributed by atoms with Crippen LogP contribution in [-0.4, -0.2) is 17.6 Å². The molecule has 3 nitrogen and oxygen atoms in total. The molecule has 2 aromatic rings. The highest BCUT2D eigenvalue weighted by Crippen LogP contribution is 2.27. The van der Waals surface area contributed by atoms with Crippen LogP contribution >= 0.6 is 15.9 Å². The van der Waals surface area contributed by atoms with E-state index >= 15 is 0 Å². The van der Waals surface area contributed by atoms with E-state index in [0.29, 0.717) is 5.92 Å². The van der Waals surface area contributed by atoms with Gasteiger partial charge in [0.15, 0.2) is 0 Å². The normalized spacial score (nSPS) is 12.9. The fourth-order valence-electron chi connectivity index (χ4n) is 1.76. The van der Waals surface area contributed by atoms with Crippen molar-refractivity contribution in [2.75, 3.05) is 11.9 Å². The van der Waals surface area contributed by atoms with Crippen molar-refractivity contribution in [1.82, 2.24) is 4.98 Å². The first kappa shape index (κ1) is 13.3. The van der Waals surface area contributed by atoms with E-state index in [9.17, 15) is 0 Å². The first-order chi connectivity index (χ1) is 8.59. The lowest BCUT2D eigenvalue weighted by Crippen LogP contribution is -2.34. The third-order valence-electron chi connectivity index (χ3n) is 3.11. The summed E-state index contributed by atoms with van der Waals surface area (Å²) >= 11 is 3.55. The Bertz CT molecular complexity index is 540. The van der Waals surface area contributed by atoms with E-state index in [1.807, 2.05) is 24.4 Å². The second kappa shape index (κ2) is 5.67. The number of benzene rings is 1. The van der Waals surface area contributed by atoms with Gasteiger partial charge in [0, 0.05) is 34.0 Å². The van der Waals surface area contributed by atoms with Crippen LogP contribution in [0.15, 0.2) is 34.9 Å². The maximum Gasteiger partial charge on any atom is 0.133 e. The molecule has 0 fully saturated rings. The largest absolute Gasteiger partial charge is 0.368 e. The zero-order valence-corrected chi connectivity index (χ0v) is 12.2. The third kappa shape index (κ3) is 2.82. The molecule has 1 unspecified atom stereocenters. The molecule has 0 aliphatic heterocycles. The number of anilines is 1. The zero-order chi connectivity index (χ0) is 13.1. The minimum atomic E-state index is 0.134. The highest BCUT2D eigenvalue weighted by molar-refractivity contribution is 9.10. The second-order valence-corrected chi connectivity index (χ2v) is 5.64. The van der Waals surface area contributed by atoms with Crippen LogP contribution in [0.2, 0.25) is 0 Å². The van der Waals surface area contributed by atoms with Crippen molar-refractivity contribution >= 4 is 32.5 Å². The van der Waals surface area contributed by atoms with Crippen LogP contribution in [0.1, 0.15) is 13.8 Å². The van der Waals surface area contributed by atoms with Crippen molar-refractivity contribution in [2.24, 2.45) is 11.7 Å². The topological polar surface area (TPSA) is 50.9 Å². The summed E-state index contributed by atoms with van der Waals surface area (Å²) in [6.07, 6.45) is 1.82. The molecular formula is C14H18BrN3. The van der Waals surface area contributed by atoms with Gasteiger partial charge in [-0.15, -0.1) is 0 Å². The van der Waals surface area contributed by atoms with E-state index in [2.05, 4.69) is 46.1 Å². The molecular weight excluding hydrogens is 290 g/mol. The Morgan fingerprint density at radius 3 is 2.78 bits per heavy atom. The summed E-state index contributed by atoms with van der Waals surface area (Å²) in [5, 5.41) is 5.61. The van der Waals surface area contributed by atoms with Gasteiger partial charge in [-0.05, 0) is 18.1 Å². The lowest BCUT2D eigenvalue weighted by molar-refractivity contribution is 0.511. The number of halogens is 1. The van der Waals surface area contributed by atoms with E-state index in [-0.39, 0.29) is 6.04 Å². The summed E-state index contributed by atoms with van der Waals surface area (Å²) in [4.78, 5) is 4.39. The molecule has 0 bridgehead atoms. The van der Waals surface area contributed by atoms with Gasteiger partial charge in [0.25, 0.3) is 0 Å². The molecule has 0 amide bonds. The summed E-state index contributed by atoms with van der Waals surface area (Å²) in [6.45, 7) is 4.98. The van der Waals surface area contributed by atoms with Gasteiger partial charge in [-0.1, -0.05) is 41.9 Å². The van der Waals surface area contributed by atoms with Crippen molar-refractivity contribution in [3.63, 3.8) is 0 Å². The smallest absolute Gasteiger partial charge is 0.133 e. The molecule has 1 atom stereocenters. The Morgan fingerprint density at radius 2 is 2.06 bits per heavy atom. The Morgan fingerprint density at radius 1 is 1.28 bits per heavy atom. The Hall–Kier alpha value is -1.13. The SMILES string of the molecule is CC(C)C(N)CNc1nccc2c(Br)cccc12. The predicted molar refractivity (Wildman–Crippen MR) is 80.7 cm³/mol. The monoisotopic (exact) mass is 307 g/mol. The number of nitrogens with zero attached hydrogens (tertiary/aromatic N) is 1. The van der Waals surface area contributed by atoms with Gasteiger partial charge in [-0.25, -0.2) is 4.98 Å². The molecule has 96 valence electrons. The highest BCUT2D eigenvalue weighted by Gasteiger charge is 2.09. The Labute approximate surface area is 116 Å². The molecule has 18 heavy (non-hydrogen) atoms. The molecule has 0 radical (unpaired) electrons. The van der Waals surface area contributed by atoms with Gasteiger partial charge >= 0.3 is 0 Å². The van der Waals surface area contributed by atoms with Crippen LogP contribution in [-0.2, 0) is 0 Å². The van der Waals surface area contributed by atoms with E-state index in [1.54, 1.807) is 0 Å². The molecule has 0 saturated heterocycles. The van der Waals surface area contributed by atoms with E-state index in [0.717, 1.165) is 27.6 Å². The fraction of sp³-hybridized carbons (Fsp3) is 0.357. The first-order valence-electron chi connectivity index (χ1n) is 6.12. The van der Waals surface area contributed by atoms with Gasteiger partial charge in [0.2, 0.25) is 0 Å². The summed E-state index contributed by atoms with van der Waals surface area (Å²) in [5.41, 5.74) is 6.04.